The molecule has 0 radical (unpaired) electrons. The van der Waals surface area contributed by atoms with Crippen molar-refractivity contribution in [1.29, 1.82) is 0 Å². The molecule has 0 spiro atoms. The average Bonchev–Trinajstić information content (AvgIpc) is 3.09. The van der Waals surface area contributed by atoms with Gasteiger partial charge in [-0.3, -0.25) is 4.90 Å². The summed E-state index contributed by atoms with van der Waals surface area (Å²) in [6.07, 6.45) is 7.88. The highest BCUT2D eigenvalue weighted by Crippen LogP contribution is 2.25. The topological polar surface area (TPSA) is 72.0 Å². The number of β-amino-alcohol motifs (C(OH)–C–C–N with tert-alkyl or cyclic N) is 1. The molecule has 2 aromatic rings. The van der Waals surface area contributed by atoms with Crippen molar-refractivity contribution in [3.8, 4) is 0 Å². The van der Waals surface area contributed by atoms with E-state index in [1.54, 1.807) is 6.33 Å². The van der Waals surface area contributed by atoms with Crippen LogP contribution in [0.15, 0.2) is 18.7 Å². The molecule has 1 aliphatic rings. The number of piperidine rings is 1. The lowest BCUT2D eigenvalue weighted by atomic mass is 9.89. The van der Waals surface area contributed by atoms with Gasteiger partial charge in [-0.25, -0.2) is 4.98 Å². The quantitative estimate of drug-likeness (QED) is 0.896. The Hall–Kier alpha value is -1.73. The zero-order valence-electron chi connectivity index (χ0n) is 14.2. The first-order valence-corrected chi connectivity index (χ1v) is 8.26. The third-order valence-corrected chi connectivity index (χ3v) is 4.60. The maximum absolute atomic E-state index is 11.0. The van der Waals surface area contributed by atoms with Crippen molar-refractivity contribution in [2.24, 2.45) is 7.05 Å². The van der Waals surface area contributed by atoms with E-state index < -0.39 is 5.60 Å². The van der Waals surface area contributed by atoms with Crippen molar-refractivity contribution in [2.75, 3.05) is 13.1 Å². The SMILES string of the molecule is CC(C)n1ccnc1CN1CCCC(O)(Cc2nncn2C)C1. The number of rotatable bonds is 5. The Balaban J connectivity index is 1.68. The van der Waals surface area contributed by atoms with Crippen molar-refractivity contribution in [2.45, 2.75) is 51.3 Å². The van der Waals surface area contributed by atoms with Crippen LogP contribution in [0.1, 0.15) is 44.4 Å². The predicted molar refractivity (Wildman–Crippen MR) is 86.8 cm³/mol. The zero-order chi connectivity index (χ0) is 16.4. The van der Waals surface area contributed by atoms with Gasteiger partial charge in [0.15, 0.2) is 0 Å². The summed E-state index contributed by atoms with van der Waals surface area (Å²) in [4.78, 5) is 6.78. The molecule has 3 heterocycles. The largest absolute Gasteiger partial charge is 0.388 e. The standard InChI is InChI=1S/C16H26N6O/c1-13(2)22-8-6-17-15(22)10-21-7-4-5-16(23,11-21)9-14-19-18-12-20(14)3/h6,8,12-13,23H,4-5,7,9-11H2,1-3H3. The molecule has 1 N–H and O–H groups in total. The van der Waals surface area contributed by atoms with E-state index >= 15 is 0 Å². The van der Waals surface area contributed by atoms with Crippen LogP contribution < -0.4 is 0 Å². The summed E-state index contributed by atoms with van der Waals surface area (Å²) in [5.74, 6) is 1.89. The first-order chi connectivity index (χ1) is 11.0. The molecule has 0 amide bonds. The maximum Gasteiger partial charge on any atom is 0.135 e. The van der Waals surface area contributed by atoms with Crippen LogP contribution in [0.5, 0.6) is 0 Å². The number of aliphatic hydroxyl groups is 1. The molecule has 1 unspecified atom stereocenters. The van der Waals surface area contributed by atoms with E-state index in [2.05, 4.69) is 38.5 Å². The zero-order valence-corrected chi connectivity index (χ0v) is 14.2. The summed E-state index contributed by atoms with van der Waals surface area (Å²) < 4.78 is 4.07. The van der Waals surface area contributed by atoms with Crippen molar-refractivity contribution < 1.29 is 5.11 Å². The normalized spacial score (nSPS) is 22.8. The second kappa shape index (κ2) is 6.41. The summed E-state index contributed by atoms with van der Waals surface area (Å²) >= 11 is 0. The van der Waals surface area contributed by atoms with E-state index in [9.17, 15) is 5.11 Å². The summed E-state index contributed by atoms with van der Waals surface area (Å²) in [5, 5.41) is 19.0. The molecule has 126 valence electrons. The van der Waals surface area contributed by atoms with Crippen LogP contribution in [0.2, 0.25) is 0 Å². The van der Waals surface area contributed by atoms with Gasteiger partial charge in [0, 0.05) is 38.4 Å². The van der Waals surface area contributed by atoms with Crippen LogP contribution >= 0.6 is 0 Å². The highest BCUT2D eigenvalue weighted by atomic mass is 16.3. The Kier molecular flexibility index (Phi) is 4.50. The Morgan fingerprint density at radius 2 is 2.17 bits per heavy atom. The number of hydrogen-bond acceptors (Lipinski definition) is 5. The second-order valence-corrected chi connectivity index (χ2v) is 6.92. The molecule has 1 saturated heterocycles. The molecule has 23 heavy (non-hydrogen) atoms. The molecule has 1 fully saturated rings. The van der Waals surface area contributed by atoms with Crippen LogP contribution in [-0.2, 0) is 20.0 Å². The lowest BCUT2D eigenvalue weighted by Gasteiger charge is -2.39. The molecule has 2 aromatic heterocycles. The minimum Gasteiger partial charge on any atom is -0.388 e. The number of likely N-dealkylation sites (tertiary alicyclic amines) is 1. The van der Waals surface area contributed by atoms with Gasteiger partial charge >= 0.3 is 0 Å². The fourth-order valence-corrected chi connectivity index (χ4v) is 3.38. The van der Waals surface area contributed by atoms with Gasteiger partial charge in [-0.1, -0.05) is 0 Å². The average molecular weight is 318 g/mol. The molecule has 1 atom stereocenters. The lowest BCUT2D eigenvalue weighted by molar-refractivity contribution is -0.0354. The minimum absolute atomic E-state index is 0.398. The highest BCUT2D eigenvalue weighted by molar-refractivity contribution is 5.00. The van der Waals surface area contributed by atoms with E-state index in [0.717, 1.165) is 37.6 Å². The van der Waals surface area contributed by atoms with Crippen molar-refractivity contribution in [3.63, 3.8) is 0 Å². The lowest BCUT2D eigenvalue weighted by Crippen LogP contribution is -2.49. The summed E-state index contributed by atoms with van der Waals surface area (Å²) in [6.45, 7) is 6.72. The number of aromatic nitrogens is 5. The molecule has 0 aromatic carbocycles. The van der Waals surface area contributed by atoms with Crippen LogP contribution in [0.3, 0.4) is 0 Å². The molecule has 7 nitrogen and oxygen atoms in total. The van der Waals surface area contributed by atoms with Gasteiger partial charge in [-0.05, 0) is 33.2 Å². The molecule has 3 rings (SSSR count). The van der Waals surface area contributed by atoms with Gasteiger partial charge < -0.3 is 14.2 Å². The fraction of sp³-hybridized carbons (Fsp3) is 0.688. The molecule has 1 aliphatic heterocycles. The summed E-state index contributed by atoms with van der Waals surface area (Å²) in [6, 6.07) is 0.398. The Morgan fingerprint density at radius 3 is 2.87 bits per heavy atom. The molecular formula is C16H26N6O. The van der Waals surface area contributed by atoms with Crippen LogP contribution in [0.4, 0.5) is 0 Å². The second-order valence-electron chi connectivity index (χ2n) is 6.92. The van der Waals surface area contributed by atoms with Crippen molar-refractivity contribution in [3.05, 3.63) is 30.4 Å². The van der Waals surface area contributed by atoms with Gasteiger partial charge in [-0.15, -0.1) is 10.2 Å². The van der Waals surface area contributed by atoms with Crippen molar-refractivity contribution in [1.82, 2.24) is 29.2 Å². The molecule has 0 saturated carbocycles. The molecular weight excluding hydrogens is 292 g/mol. The smallest absolute Gasteiger partial charge is 0.135 e. The van der Waals surface area contributed by atoms with Crippen LogP contribution in [0.25, 0.3) is 0 Å². The highest BCUT2D eigenvalue weighted by Gasteiger charge is 2.35. The predicted octanol–water partition coefficient (Wildman–Crippen LogP) is 1.16. The van der Waals surface area contributed by atoms with E-state index in [1.165, 1.54) is 0 Å². The van der Waals surface area contributed by atoms with Gasteiger partial charge in [-0.2, -0.15) is 0 Å². The Labute approximate surface area is 137 Å². The first kappa shape index (κ1) is 16.1. The van der Waals surface area contributed by atoms with Crippen LogP contribution in [-0.4, -0.2) is 53.0 Å². The third kappa shape index (κ3) is 3.61. The number of aryl methyl sites for hydroxylation is 1. The number of imidazole rings is 1. The summed E-state index contributed by atoms with van der Waals surface area (Å²) in [7, 11) is 1.92. The molecule has 0 bridgehead atoms. The monoisotopic (exact) mass is 318 g/mol. The van der Waals surface area contributed by atoms with Crippen LogP contribution in [0, 0.1) is 0 Å². The summed E-state index contributed by atoms with van der Waals surface area (Å²) in [5.41, 5.74) is -0.742. The fourth-order valence-electron chi connectivity index (χ4n) is 3.38. The minimum atomic E-state index is -0.742. The van der Waals surface area contributed by atoms with E-state index in [4.69, 9.17) is 0 Å². The third-order valence-electron chi connectivity index (χ3n) is 4.60. The molecule has 0 aliphatic carbocycles. The first-order valence-electron chi connectivity index (χ1n) is 8.26. The Bertz CT molecular complexity index is 649. The van der Waals surface area contributed by atoms with E-state index in [0.29, 0.717) is 19.0 Å². The van der Waals surface area contributed by atoms with E-state index in [-0.39, 0.29) is 0 Å². The van der Waals surface area contributed by atoms with Gasteiger partial charge in [0.2, 0.25) is 0 Å². The Morgan fingerprint density at radius 1 is 1.35 bits per heavy atom. The molecule has 7 heteroatoms. The number of nitrogens with zero attached hydrogens (tertiary/aromatic N) is 6. The van der Waals surface area contributed by atoms with Gasteiger partial charge in [0.05, 0.1) is 12.1 Å². The maximum atomic E-state index is 11.0. The van der Waals surface area contributed by atoms with Gasteiger partial charge in [0.1, 0.15) is 18.0 Å². The van der Waals surface area contributed by atoms with E-state index in [1.807, 2.05) is 24.0 Å². The van der Waals surface area contributed by atoms with Crippen molar-refractivity contribution >= 4 is 0 Å². The van der Waals surface area contributed by atoms with Gasteiger partial charge in [0.25, 0.3) is 0 Å². The number of hydrogen-bond donors (Lipinski definition) is 1.